The number of hydrogen-bond acceptors (Lipinski definition) is 8. The first-order valence-electron chi connectivity index (χ1n) is 11.3. The van der Waals surface area contributed by atoms with Crippen LogP contribution in [-0.4, -0.2) is 33.2 Å². The Balaban J connectivity index is 1.44. The van der Waals surface area contributed by atoms with Crippen LogP contribution in [0.15, 0.2) is 58.5 Å². The highest BCUT2D eigenvalue weighted by Gasteiger charge is 2.24. The molecular weight excluding hydrogens is 500 g/mol. The highest BCUT2D eigenvalue weighted by Crippen LogP contribution is 2.36. The standard InChI is InChI=1S/C25H22N4O5S2/c1-34-19-11-10-16(29(32)33)12-18(19)26-21(30)14-35-25-27-23-22(17-8-5-9-20(17)36-23)24(31)28(25)13-15-6-3-2-4-7-15/h2-4,6-7,10-12H,5,8-9,13-14H2,1H3,(H,26,30). The van der Waals surface area contributed by atoms with Gasteiger partial charge in [-0.25, -0.2) is 4.98 Å². The molecule has 0 saturated carbocycles. The minimum absolute atomic E-state index is 0.0380. The second kappa shape index (κ2) is 10.1. The smallest absolute Gasteiger partial charge is 0.271 e. The number of thioether (sulfide) groups is 1. The normalized spacial score (nSPS) is 12.5. The predicted molar refractivity (Wildman–Crippen MR) is 140 cm³/mol. The van der Waals surface area contributed by atoms with Crippen molar-refractivity contribution in [1.29, 1.82) is 0 Å². The van der Waals surface area contributed by atoms with E-state index >= 15 is 0 Å². The summed E-state index contributed by atoms with van der Waals surface area (Å²) in [4.78, 5) is 43.7. The molecule has 2 heterocycles. The number of nitro groups is 1. The second-order valence-corrected chi connectivity index (χ2v) is 10.3. The number of fused-ring (bicyclic) bond motifs is 3. The maximum atomic E-state index is 13.6. The minimum atomic E-state index is -0.538. The van der Waals surface area contributed by atoms with Crippen molar-refractivity contribution in [1.82, 2.24) is 9.55 Å². The number of carbonyl (C=O) groups is 1. The SMILES string of the molecule is COc1ccc([N+](=O)[O-])cc1NC(=O)CSc1nc2sc3c(c2c(=O)n1Cc1ccccc1)CCC3. The minimum Gasteiger partial charge on any atom is -0.495 e. The van der Waals surface area contributed by atoms with Crippen LogP contribution >= 0.6 is 23.1 Å². The molecule has 9 nitrogen and oxygen atoms in total. The lowest BCUT2D eigenvalue weighted by atomic mass is 10.2. The van der Waals surface area contributed by atoms with E-state index in [-0.39, 0.29) is 22.7 Å². The van der Waals surface area contributed by atoms with Gasteiger partial charge in [0.2, 0.25) is 5.91 Å². The molecule has 184 valence electrons. The first kappa shape index (κ1) is 24.0. The summed E-state index contributed by atoms with van der Waals surface area (Å²) in [6.07, 6.45) is 2.90. The number of rotatable bonds is 8. The zero-order valence-electron chi connectivity index (χ0n) is 19.4. The second-order valence-electron chi connectivity index (χ2n) is 8.29. The maximum Gasteiger partial charge on any atom is 0.271 e. The van der Waals surface area contributed by atoms with Gasteiger partial charge >= 0.3 is 0 Å². The molecular formula is C25H22N4O5S2. The third kappa shape index (κ3) is 4.71. The van der Waals surface area contributed by atoms with Crippen molar-refractivity contribution in [3.63, 3.8) is 0 Å². The largest absolute Gasteiger partial charge is 0.495 e. The van der Waals surface area contributed by atoms with Gasteiger partial charge in [-0.2, -0.15) is 0 Å². The van der Waals surface area contributed by atoms with Gasteiger partial charge in [0.05, 0.1) is 35.4 Å². The van der Waals surface area contributed by atoms with Crippen molar-refractivity contribution in [3.8, 4) is 5.75 Å². The molecule has 0 saturated heterocycles. The number of thiophene rings is 1. The number of aromatic nitrogens is 2. The lowest BCUT2D eigenvalue weighted by Gasteiger charge is -2.13. The van der Waals surface area contributed by atoms with Gasteiger partial charge in [-0.15, -0.1) is 11.3 Å². The summed E-state index contributed by atoms with van der Waals surface area (Å²) in [7, 11) is 1.42. The maximum absolute atomic E-state index is 13.6. The Labute approximate surface area is 214 Å². The van der Waals surface area contributed by atoms with Crippen molar-refractivity contribution in [3.05, 3.63) is 85.0 Å². The number of nitro benzene ring substituents is 1. The van der Waals surface area contributed by atoms with E-state index in [4.69, 9.17) is 9.72 Å². The molecule has 0 radical (unpaired) electrons. The molecule has 0 aliphatic heterocycles. The molecule has 11 heteroatoms. The fraction of sp³-hybridized carbons (Fsp3) is 0.240. The summed E-state index contributed by atoms with van der Waals surface area (Å²) < 4.78 is 6.86. The first-order valence-corrected chi connectivity index (χ1v) is 13.1. The van der Waals surface area contributed by atoms with Gasteiger partial charge in [0, 0.05) is 17.0 Å². The Morgan fingerprint density at radius 2 is 2.06 bits per heavy atom. The van der Waals surface area contributed by atoms with E-state index in [1.54, 1.807) is 15.9 Å². The van der Waals surface area contributed by atoms with Crippen LogP contribution in [0, 0.1) is 10.1 Å². The van der Waals surface area contributed by atoms with Gasteiger partial charge in [0.1, 0.15) is 10.6 Å². The molecule has 0 fully saturated rings. The summed E-state index contributed by atoms with van der Waals surface area (Å²) in [5, 5.41) is 15.0. The predicted octanol–water partition coefficient (Wildman–Crippen LogP) is 4.64. The van der Waals surface area contributed by atoms with Crippen LogP contribution in [0.2, 0.25) is 0 Å². The third-order valence-corrected chi connectivity index (χ3v) is 8.14. The van der Waals surface area contributed by atoms with Crippen LogP contribution in [0.4, 0.5) is 11.4 Å². The number of anilines is 1. The van der Waals surface area contributed by atoms with Crippen molar-refractivity contribution >= 4 is 50.6 Å². The van der Waals surface area contributed by atoms with Crippen molar-refractivity contribution in [2.45, 2.75) is 31.0 Å². The monoisotopic (exact) mass is 522 g/mol. The van der Waals surface area contributed by atoms with Gasteiger partial charge < -0.3 is 10.1 Å². The number of methoxy groups -OCH3 is 1. The van der Waals surface area contributed by atoms with E-state index < -0.39 is 10.8 Å². The third-order valence-electron chi connectivity index (χ3n) is 5.97. The number of non-ortho nitro benzene ring substituents is 1. The summed E-state index contributed by atoms with van der Waals surface area (Å²) >= 11 is 2.72. The van der Waals surface area contributed by atoms with E-state index in [1.165, 1.54) is 30.2 Å². The number of nitrogens with zero attached hydrogens (tertiary/aromatic N) is 3. The zero-order valence-corrected chi connectivity index (χ0v) is 21.0. The molecule has 4 aromatic rings. The van der Waals surface area contributed by atoms with E-state index in [9.17, 15) is 19.7 Å². The van der Waals surface area contributed by atoms with Crippen LogP contribution < -0.4 is 15.6 Å². The summed E-state index contributed by atoms with van der Waals surface area (Å²) in [5.74, 6) is -0.121. The van der Waals surface area contributed by atoms with Gasteiger partial charge in [-0.05, 0) is 36.5 Å². The zero-order chi connectivity index (χ0) is 25.2. The molecule has 36 heavy (non-hydrogen) atoms. The highest BCUT2D eigenvalue weighted by molar-refractivity contribution is 7.99. The van der Waals surface area contributed by atoms with Crippen LogP contribution in [0.5, 0.6) is 5.75 Å². The molecule has 5 rings (SSSR count). The lowest BCUT2D eigenvalue weighted by Crippen LogP contribution is -2.25. The molecule has 0 atom stereocenters. The van der Waals surface area contributed by atoms with E-state index in [0.29, 0.717) is 27.7 Å². The number of carbonyl (C=O) groups excluding carboxylic acids is 1. The Bertz CT molecular complexity index is 1530. The van der Waals surface area contributed by atoms with Crippen LogP contribution in [0.3, 0.4) is 0 Å². The Kier molecular flexibility index (Phi) is 6.75. The Hall–Kier alpha value is -3.70. The number of amides is 1. The quantitative estimate of drug-likeness (QED) is 0.155. The molecule has 1 aliphatic carbocycles. The summed E-state index contributed by atoms with van der Waals surface area (Å²) in [6.45, 7) is 0.343. The highest BCUT2D eigenvalue weighted by atomic mass is 32.2. The topological polar surface area (TPSA) is 116 Å². The summed E-state index contributed by atoms with van der Waals surface area (Å²) in [6, 6.07) is 13.6. The van der Waals surface area contributed by atoms with E-state index in [0.717, 1.165) is 42.2 Å². The average molecular weight is 523 g/mol. The lowest BCUT2D eigenvalue weighted by molar-refractivity contribution is -0.384. The number of benzene rings is 2. The number of hydrogen-bond donors (Lipinski definition) is 1. The first-order chi connectivity index (χ1) is 17.4. The fourth-order valence-electron chi connectivity index (χ4n) is 4.30. The Morgan fingerprint density at radius 1 is 1.25 bits per heavy atom. The molecule has 1 N–H and O–H groups in total. The van der Waals surface area contributed by atoms with Crippen LogP contribution in [0.1, 0.15) is 22.4 Å². The number of ether oxygens (including phenoxy) is 1. The van der Waals surface area contributed by atoms with Crippen molar-refractivity contribution in [2.24, 2.45) is 0 Å². The molecule has 1 amide bonds. The van der Waals surface area contributed by atoms with E-state index in [2.05, 4.69) is 5.32 Å². The Morgan fingerprint density at radius 3 is 2.81 bits per heavy atom. The van der Waals surface area contributed by atoms with Crippen LogP contribution in [-0.2, 0) is 24.2 Å². The molecule has 0 bridgehead atoms. The van der Waals surface area contributed by atoms with Gasteiger partial charge in [0.15, 0.2) is 5.16 Å². The fourth-order valence-corrected chi connectivity index (χ4v) is 6.40. The van der Waals surface area contributed by atoms with Gasteiger partial charge in [-0.3, -0.25) is 24.3 Å². The molecule has 2 aromatic heterocycles. The summed E-state index contributed by atoms with van der Waals surface area (Å²) in [5.41, 5.74) is 2.03. The van der Waals surface area contributed by atoms with Crippen molar-refractivity contribution < 1.29 is 14.5 Å². The number of nitrogens with one attached hydrogen (secondary N) is 1. The average Bonchev–Trinajstić information content (AvgIpc) is 3.46. The molecule has 2 aromatic carbocycles. The van der Waals surface area contributed by atoms with E-state index in [1.807, 2.05) is 30.3 Å². The van der Waals surface area contributed by atoms with Crippen LogP contribution in [0.25, 0.3) is 10.2 Å². The molecule has 0 spiro atoms. The van der Waals surface area contributed by atoms with Gasteiger partial charge in [0.25, 0.3) is 11.2 Å². The van der Waals surface area contributed by atoms with Gasteiger partial charge in [-0.1, -0.05) is 42.1 Å². The van der Waals surface area contributed by atoms with Crippen molar-refractivity contribution in [2.75, 3.05) is 18.2 Å². The number of aryl methyl sites for hydroxylation is 2. The molecule has 1 aliphatic rings. The molecule has 0 unspecified atom stereocenters.